The Hall–Kier alpha value is -3.15. The van der Waals surface area contributed by atoms with Gasteiger partial charge >= 0.3 is 0 Å². The van der Waals surface area contributed by atoms with Crippen LogP contribution in [0.5, 0.6) is 5.75 Å². The number of imide groups is 1. The molecule has 2 aromatic rings. The SMILES string of the molecule is CCOc1ccc(CN2C(=O)c3ccccc3C2=O)cc1C(=O)N1CCC(C)CC1. The van der Waals surface area contributed by atoms with Crippen LogP contribution in [0.15, 0.2) is 42.5 Å². The Morgan fingerprint density at radius 2 is 1.67 bits per heavy atom. The van der Waals surface area contributed by atoms with Gasteiger partial charge in [0.1, 0.15) is 5.75 Å². The molecule has 0 saturated carbocycles. The minimum Gasteiger partial charge on any atom is -0.493 e. The first kappa shape index (κ1) is 20.1. The molecular formula is C24H26N2O4. The van der Waals surface area contributed by atoms with Gasteiger partial charge in [0.25, 0.3) is 17.7 Å². The van der Waals surface area contributed by atoms with Gasteiger partial charge in [0.05, 0.1) is 29.8 Å². The second-order valence-corrected chi connectivity index (χ2v) is 7.98. The van der Waals surface area contributed by atoms with Crippen LogP contribution in [0.1, 0.15) is 63.3 Å². The van der Waals surface area contributed by atoms with Gasteiger partial charge in [-0.2, -0.15) is 0 Å². The summed E-state index contributed by atoms with van der Waals surface area (Å²) in [5.41, 5.74) is 2.06. The summed E-state index contributed by atoms with van der Waals surface area (Å²) in [6, 6.07) is 12.2. The minimum atomic E-state index is -0.303. The highest BCUT2D eigenvalue weighted by molar-refractivity contribution is 6.21. The number of carbonyl (C=O) groups excluding carboxylic acids is 3. The predicted octanol–water partition coefficient (Wildman–Crippen LogP) is 3.75. The number of benzene rings is 2. The van der Waals surface area contributed by atoms with E-state index < -0.39 is 0 Å². The molecule has 0 aliphatic carbocycles. The van der Waals surface area contributed by atoms with Gasteiger partial charge in [0.15, 0.2) is 0 Å². The topological polar surface area (TPSA) is 66.9 Å². The van der Waals surface area contributed by atoms with Gasteiger partial charge in [0.2, 0.25) is 0 Å². The second kappa shape index (κ2) is 8.30. The normalized spacial score (nSPS) is 16.7. The maximum Gasteiger partial charge on any atom is 0.261 e. The number of nitrogens with zero attached hydrogens (tertiary/aromatic N) is 2. The standard InChI is InChI=1S/C24H26N2O4/c1-3-30-21-9-8-17(14-20(21)22(27)25-12-10-16(2)11-13-25)15-26-23(28)18-6-4-5-7-19(18)24(26)29/h4-9,14,16H,3,10-13,15H2,1-2H3. The molecule has 2 heterocycles. The summed E-state index contributed by atoms with van der Waals surface area (Å²) < 4.78 is 5.69. The zero-order chi connectivity index (χ0) is 21.3. The number of rotatable bonds is 5. The predicted molar refractivity (Wildman–Crippen MR) is 113 cm³/mol. The summed E-state index contributed by atoms with van der Waals surface area (Å²) in [7, 11) is 0. The van der Waals surface area contributed by atoms with E-state index in [4.69, 9.17) is 4.74 Å². The molecule has 0 unspecified atom stereocenters. The molecule has 2 aliphatic heterocycles. The number of hydrogen-bond donors (Lipinski definition) is 0. The lowest BCUT2D eigenvalue weighted by atomic mass is 9.98. The van der Waals surface area contributed by atoms with Crippen molar-refractivity contribution < 1.29 is 19.1 Å². The van der Waals surface area contributed by atoms with Crippen LogP contribution >= 0.6 is 0 Å². The van der Waals surface area contributed by atoms with Crippen molar-refractivity contribution in [2.45, 2.75) is 33.2 Å². The number of piperidine rings is 1. The third-order valence-electron chi connectivity index (χ3n) is 5.86. The molecule has 0 spiro atoms. The molecule has 0 N–H and O–H groups in total. The summed E-state index contributed by atoms with van der Waals surface area (Å²) in [5, 5.41) is 0. The average molecular weight is 406 g/mol. The second-order valence-electron chi connectivity index (χ2n) is 7.98. The first-order valence-corrected chi connectivity index (χ1v) is 10.5. The van der Waals surface area contributed by atoms with Crippen LogP contribution in [0.2, 0.25) is 0 Å². The van der Waals surface area contributed by atoms with Gasteiger partial charge in [-0.05, 0) is 55.5 Å². The molecule has 3 amide bonds. The van der Waals surface area contributed by atoms with Gasteiger partial charge < -0.3 is 9.64 Å². The molecule has 6 nitrogen and oxygen atoms in total. The van der Waals surface area contributed by atoms with E-state index in [9.17, 15) is 14.4 Å². The lowest BCUT2D eigenvalue weighted by Crippen LogP contribution is -2.38. The summed E-state index contributed by atoms with van der Waals surface area (Å²) in [6.45, 7) is 6.12. The molecule has 30 heavy (non-hydrogen) atoms. The van der Waals surface area contributed by atoms with E-state index in [2.05, 4.69) is 6.92 Å². The van der Waals surface area contributed by atoms with E-state index in [0.717, 1.165) is 31.5 Å². The largest absolute Gasteiger partial charge is 0.493 e. The van der Waals surface area contributed by atoms with Crippen molar-refractivity contribution in [2.24, 2.45) is 5.92 Å². The first-order chi connectivity index (χ1) is 14.5. The number of hydrogen-bond acceptors (Lipinski definition) is 4. The fourth-order valence-corrected chi connectivity index (χ4v) is 4.07. The van der Waals surface area contributed by atoms with Crippen molar-refractivity contribution >= 4 is 17.7 Å². The molecule has 1 fully saturated rings. The Kier molecular flexibility index (Phi) is 5.57. The van der Waals surface area contributed by atoms with Crippen LogP contribution in [0, 0.1) is 5.92 Å². The number of fused-ring (bicyclic) bond motifs is 1. The molecule has 0 bridgehead atoms. The van der Waals surface area contributed by atoms with Gasteiger partial charge in [-0.25, -0.2) is 0 Å². The van der Waals surface area contributed by atoms with Crippen molar-refractivity contribution in [3.05, 3.63) is 64.7 Å². The van der Waals surface area contributed by atoms with Crippen molar-refractivity contribution in [3.63, 3.8) is 0 Å². The third kappa shape index (κ3) is 3.70. The van der Waals surface area contributed by atoms with Crippen LogP contribution in [0.25, 0.3) is 0 Å². The fourth-order valence-electron chi connectivity index (χ4n) is 4.07. The van der Waals surface area contributed by atoms with E-state index in [1.165, 1.54) is 4.90 Å². The maximum atomic E-state index is 13.2. The number of amides is 3. The van der Waals surface area contributed by atoms with Crippen LogP contribution in [0.3, 0.4) is 0 Å². The highest BCUT2D eigenvalue weighted by Gasteiger charge is 2.35. The third-order valence-corrected chi connectivity index (χ3v) is 5.86. The summed E-state index contributed by atoms with van der Waals surface area (Å²) in [5.74, 6) is 0.493. The molecule has 0 aromatic heterocycles. The molecule has 4 rings (SSSR count). The molecule has 2 aromatic carbocycles. The zero-order valence-corrected chi connectivity index (χ0v) is 17.4. The maximum absolute atomic E-state index is 13.2. The molecular weight excluding hydrogens is 380 g/mol. The van der Waals surface area contributed by atoms with E-state index in [1.807, 2.05) is 17.9 Å². The van der Waals surface area contributed by atoms with Crippen molar-refractivity contribution in [3.8, 4) is 5.75 Å². The Morgan fingerprint density at radius 1 is 1.03 bits per heavy atom. The average Bonchev–Trinajstić information content (AvgIpc) is 3.00. The summed E-state index contributed by atoms with van der Waals surface area (Å²) in [6.07, 6.45) is 1.98. The highest BCUT2D eigenvalue weighted by atomic mass is 16.5. The van der Waals surface area contributed by atoms with Gasteiger partial charge in [-0.15, -0.1) is 0 Å². The Bertz CT molecular complexity index is 957. The van der Waals surface area contributed by atoms with Gasteiger partial charge in [-0.3, -0.25) is 19.3 Å². The van der Waals surface area contributed by atoms with E-state index >= 15 is 0 Å². The van der Waals surface area contributed by atoms with Crippen molar-refractivity contribution in [2.75, 3.05) is 19.7 Å². The monoisotopic (exact) mass is 406 g/mol. The van der Waals surface area contributed by atoms with Crippen LogP contribution in [0.4, 0.5) is 0 Å². The highest BCUT2D eigenvalue weighted by Crippen LogP contribution is 2.28. The molecule has 1 saturated heterocycles. The number of likely N-dealkylation sites (tertiary alicyclic amines) is 1. The van der Waals surface area contributed by atoms with E-state index in [1.54, 1.807) is 36.4 Å². The molecule has 2 aliphatic rings. The lowest BCUT2D eigenvalue weighted by molar-refractivity contribution is 0.0641. The number of ether oxygens (including phenoxy) is 1. The zero-order valence-electron chi connectivity index (χ0n) is 17.4. The van der Waals surface area contributed by atoms with Crippen molar-refractivity contribution in [1.29, 1.82) is 0 Å². The Morgan fingerprint density at radius 3 is 2.27 bits per heavy atom. The number of carbonyl (C=O) groups is 3. The Balaban J connectivity index is 1.59. The van der Waals surface area contributed by atoms with Crippen LogP contribution < -0.4 is 4.74 Å². The molecule has 6 heteroatoms. The molecule has 156 valence electrons. The van der Waals surface area contributed by atoms with Gasteiger partial charge in [0, 0.05) is 13.1 Å². The quantitative estimate of drug-likeness (QED) is 0.709. The lowest BCUT2D eigenvalue weighted by Gasteiger charge is -2.31. The summed E-state index contributed by atoms with van der Waals surface area (Å²) in [4.78, 5) is 41.7. The fraction of sp³-hybridized carbons (Fsp3) is 0.375. The van der Waals surface area contributed by atoms with Gasteiger partial charge in [-0.1, -0.05) is 25.1 Å². The minimum absolute atomic E-state index is 0.0606. The van der Waals surface area contributed by atoms with Crippen molar-refractivity contribution in [1.82, 2.24) is 9.80 Å². The van der Waals surface area contributed by atoms with E-state index in [-0.39, 0.29) is 24.3 Å². The smallest absolute Gasteiger partial charge is 0.261 e. The summed E-state index contributed by atoms with van der Waals surface area (Å²) >= 11 is 0. The molecule has 0 atom stereocenters. The van der Waals surface area contributed by atoms with E-state index in [0.29, 0.717) is 35.0 Å². The molecule has 0 radical (unpaired) electrons. The van der Waals surface area contributed by atoms with Crippen LogP contribution in [-0.2, 0) is 6.54 Å². The first-order valence-electron chi connectivity index (χ1n) is 10.5. The Labute approximate surface area is 176 Å². The van der Waals surface area contributed by atoms with Crippen LogP contribution in [-0.4, -0.2) is 47.2 Å².